The second kappa shape index (κ2) is 6.46. The lowest BCUT2D eigenvalue weighted by Crippen LogP contribution is -2.22. The summed E-state index contributed by atoms with van der Waals surface area (Å²) >= 11 is 0. The van der Waals surface area contributed by atoms with Crippen molar-refractivity contribution in [2.45, 2.75) is 26.7 Å². The fraction of sp³-hybridized carbons (Fsp3) is 0.778. The molecule has 1 unspecified atom stereocenters. The average molecular weight is 187 g/mol. The SMILES string of the molecule is CCC(C)C(=O)OCCC(=O)NC. The van der Waals surface area contributed by atoms with E-state index in [4.69, 9.17) is 4.74 Å². The molecule has 1 N–H and O–H groups in total. The van der Waals surface area contributed by atoms with Crippen molar-refractivity contribution >= 4 is 11.9 Å². The highest BCUT2D eigenvalue weighted by atomic mass is 16.5. The quantitative estimate of drug-likeness (QED) is 0.645. The van der Waals surface area contributed by atoms with Crippen LogP contribution < -0.4 is 5.32 Å². The van der Waals surface area contributed by atoms with Crippen LogP contribution in [0.2, 0.25) is 0 Å². The summed E-state index contributed by atoms with van der Waals surface area (Å²) in [7, 11) is 1.55. The highest BCUT2D eigenvalue weighted by Crippen LogP contribution is 2.03. The van der Waals surface area contributed by atoms with Gasteiger partial charge in [0.25, 0.3) is 0 Å². The fourth-order valence-corrected chi connectivity index (χ4v) is 0.678. The molecule has 1 atom stereocenters. The van der Waals surface area contributed by atoms with Crippen molar-refractivity contribution in [3.63, 3.8) is 0 Å². The standard InChI is InChI=1S/C9H17NO3/c1-4-7(2)9(12)13-6-5-8(11)10-3/h7H,4-6H2,1-3H3,(H,10,11). The van der Waals surface area contributed by atoms with Crippen molar-refractivity contribution in [3.8, 4) is 0 Å². The van der Waals surface area contributed by atoms with Gasteiger partial charge in [0, 0.05) is 7.05 Å². The van der Waals surface area contributed by atoms with E-state index in [0.29, 0.717) is 0 Å². The summed E-state index contributed by atoms with van der Waals surface area (Å²) in [6, 6.07) is 0. The Kier molecular flexibility index (Phi) is 5.93. The van der Waals surface area contributed by atoms with E-state index in [1.807, 2.05) is 13.8 Å². The molecule has 4 nitrogen and oxygen atoms in total. The molecule has 0 spiro atoms. The number of ether oxygens (including phenoxy) is 1. The summed E-state index contributed by atoms with van der Waals surface area (Å²) in [5, 5.41) is 2.45. The molecule has 0 aromatic carbocycles. The lowest BCUT2D eigenvalue weighted by atomic mass is 10.1. The Morgan fingerprint density at radius 1 is 1.46 bits per heavy atom. The van der Waals surface area contributed by atoms with Gasteiger partial charge in [-0.05, 0) is 6.42 Å². The third kappa shape index (κ3) is 5.22. The first kappa shape index (κ1) is 11.9. The van der Waals surface area contributed by atoms with Crippen LogP contribution in [0.1, 0.15) is 26.7 Å². The number of hydrogen-bond donors (Lipinski definition) is 1. The van der Waals surface area contributed by atoms with Gasteiger partial charge in [0.05, 0.1) is 12.3 Å². The Morgan fingerprint density at radius 3 is 2.54 bits per heavy atom. The van der Waals surface area contributed by atoms with Gasteiger partial charge < -0.3 is 10.1 Å². The van der Waals surface area contributed by atoms with Crippen molar-refractivity contribution in [1.29, 1.82) is 0 Å². The number of rotatable bonds is 5. The lowest BCUT2D eigenvalue weighted by Gasteiger charge is -2.08. The summed E-state index contributed by atoms with van der Waals surface area (Å²) < 4.78 is 4.87. The predicted molar refractivity (Wildman–Crippen MR) is 49.1 cm³/mol. The molecule has 0 saturated carbocycles. The molecular formula is C9H17NO3. The van der Waals surface area contributed by atoms with E-state index >= 15 is 0 Å². The number of esters is 1. The van der Waals surface area contributed by atoms with E-state index in [2.05, 4.69) is 5.32 Å². The highest BCUT2D eigenvalue weighted by Gasteiger charge is 2.11. The van der Waals surface area contributed by atoms with Crippen molar-refractivity contribution in [2.24, 2.45) is 5.92 Å². The Bertz CT molecular complexity index is 180. The van der Waals surface area contributed by atoms with Crippen LogP contribution in [0.4, 0.5) is 0 Å². The lowest BCUT2D eigenvalue weighted by molar-refractivity contribution is -0.148. The van der Waals surface area contributed by atoms with Crippen molar-refractivity contribution < 1.29 is 14.3 Å². The minimum atomic E-state index is -0.230. The van der Waals surface area contributed by atoms with Crippen molar-refractivity contribution in [1.82, 2.24) is 5.32 Å². The zero-order chi connectivity index (χ0) is 10.3. The molecule has 0 bridgehead atoms. The number of amides is 1. The maximum absolute atomic E-state index is 11.1. The van der Waals surface area contributed by atoms with E-state index in [0.717, 1.165) is 6.42 Å². The van der Waals surface area contributed by atoms with Crippen LogP contribution in [0.15, 0.2) is 0 Å². The van der Waals surface area contributed by atoms with Gasteiger partial charge in [-0.2, -0.15) is 0 Å². The van der Waals surface area contributed by atoms with Gasteiger partial charge in [-0.1, -0.05) is 13.8 Å². The first-order valence-corrected chi connectivity index (χ1v) is 4.49. The summed E-state index contributed by atoms with van der Waals surface area (Å²) in [5.41, 5.74) is 0. The molecule has 0 aliphatic heterocycles. The summed E-state index contributed by atoms with van der Waals surface area (Å²) in [4.78, 5) is 21.8. The maximum Gasteiger partial charge on any atom is 0.308 e. The molecule has 13 heavy (non-hydrogen) atoms. The Morgan fingerprint density at radius 2 is 2.08 bits per heavy atom. The number of hydrogen-bond acceptors (Lipinski definition) is 3. The molecule has 0 saturated heterocycles. The fourth-order valence-electron chi connectivity index (χ4n) is 0.678. The van der Waals surface area contributed by atoms with Crippen LogP contribution in [0.25, 0.3) is 0 Å². The zero-order valence-electron chi connectivity index (χ0n) is 8.42. The first-order valence-electron chi connectivity index (χ1n) is 4.49. The summed E-state index contributed by atoms with van der Waals surface area (Å²) in [6.07, 6.45) is 0.998. The molecule has 0 fully saturated rings. The Balaban J connectivity index is 3.53. The van der Waals surface area contributed by atoms with Gasteiger partial charge >= 0.3 is 5.97 Å². The molecule has 0 radical (unpaired) electrons. The first-order chi connectivity index (χ1) is 6.11. The second-order valence-corrected chi connectivity index (χ2v) is 2.90. The predicted octanol–water partition coefficient (Wildman–Crippen LogP) is 0.712. The Hall–Kier alpha value is -1.06. The van der Waals surface area contributed by atoms with Crippen molar-refractivity contribution in [3.05, 3.63) is 0 Å². The molecule has 1 amide bonds. The zero-order valence-corrected chi connectivity index (χ0v) is 8.42. The maximum atomic E-state index is 11.1. The van der Waals surface area contributed by atoms with E-state index in [-0.39, 0.29) is 30.8 Å². The summed E-state index contributed by atoms with van der Waals surface area (Å²) in [5.74, 6) is -0.423. The molecule has 0 aliphatic carbocycles. The van der Waals surface area contributed by atoms with Gasteiger partial charge in [-0.25, -0.2) is 0 Å². The normalized spacial score (nSPS) is 11.9. The van der Waals surface area contributed by atoms with E-state index in [1.54, 1.807) is 7.05 Å². The molecule has 0 heterocycles. The topological polar surface area (TPSA) is 55.4 Å². The summed E-state index contributed by atoms with van der Waals surface area (Å²) in [6.45, 7) is 3.90. The largest absolute Gasteiger partial charge is 0.465 e. The van der Waals surface area contributed by atoms with Crippen LogP contribution in [0.3, 0.4) is 0 Å². The molecular weight excluding hydrogens is 170 g/mol. The number of carbonyl (C=O) groups excluding carboxylic acids is 2. The van der Waals surface area contributed by atoms with Gasteiger partial charge in [0.15, 0.2) is 0 Å². The average Bonchev–Trinajstić information content (AvgIpc) is 2.15. The van der Waals surface area contributed by atoms with E-state index < -0.39 is 0 Å². The van der Waals surface area contributed by atoms with Gasteiger partial charge in [0.1, 0.15) is 6.61 Å². The van der Waals surface area contributed by atoms with E-state index in [1.165, 1.54) is 0 Å². The molecule has 0 aromatic rings. The Labute approximate surface area is 78.6 Å². The van der Waals surface area contributed by atoms with Crippen LogP contribution in [-0.2, 0) is 14.3 Å². The smallest absolute Gasteiger partial charge is 0.308 e. The van der Waals surface area contributed by atoms with Crippen molar-refractivity contribution in [2.75, 3.05) is 13.7 Å². The molecule has 0 aromatic heterocycles. The van der Waals surface area contributed by atoms with Crippen LogP contribution in [0.5, 0.6) is 0 Å². The van der Waals surface area contributed by atoms with Crippen LogP contribution >= 0.6 is 0 Å². The van der Waals surface area contributed by atoms with E-state index in [9.17, 15) is 9.59 Å². The highest BCUT2D eigenvalue weighted by molar-refractivity contribution is 5.76. The van der Waals surface area contributed by atoms with Crippen LogP contribution in [0, 0.1) is 5.92 Å². The molecule has 4 heteroatoms. The van der Waals surface area contributed by atoms with Gasteiger partial charge in [-0.15, -0.1) is 0 Å². The minimum absolute atomic E-state index is 0.0790. The third-order valence-corrected chi connectivity index (χ3v) is 1.87. The third-order valence-electron chi connectivity index (χ3n) is 1.87. The molecule has 0 aliphatic rings. The molecule has 76 valence electrons. The minimum Gasteiger partial charge on any atom is -0.465 e. The number of carbonyl (C=O) groups is 2. The van der Waals surface area contributed by atoms with Crippen LogP contribution in [-0.4, -0.2) is 25.5 Å². The van der Waals surface area contributed by atoms with Gasteiger partial charge in [-0.3, -0.25) is 9.59 Å². The second-order valence-electron chi connectivity index (χ2n) is 2.90. The molecule has 0 rings (SSSR count). The van der Waals surface area contributed by atoms with Gasteiger partial charge in [0.2, 0.25) is 5.91 Å². The number of nitrogens with one attached hydrogen (secondary N) is 1. The monoisotopic (exact) mass is 187 g/mol.